The summed E-state index contributed by atoms with van der Waals surface area (Å²) in [5, 5.41) is 0. The van der Waals surface area contributed by atoms with Crippen LogP contribution in [0.5, 0.6) is 0 Å². The van der Waals surface area contributed by atoms with Crippen molar-refractivity contribution in [1.82, 2.24) is 9.80 Å². The van der Waals surface area contributed by atoms with Crippen LogP contribution in [0.3, 0.4) is 0 Å². The number of carbonyl (C=O) groups is 1. The Morgan fingerprint density at radius 2 is 1.97 bits per heavy atom. The molecule has 2 aliphatic heterocycles. The molecule has 1 N–H and O–H groups in total. The highest BCUT2D eigenvalue weighted by Crippen LogP contribution is 2.36. The second-order valence-electron chi connectivity index (χ2n) is 7.49. The lowest BCUT2D eigenvalue weighted by Crippen LogP contribution is -2.50. The SMILES string of the molecule is CCS(=O)(=O)Nc1ccc(C(=O)N2CCN(CC3CCCO3)CC2)cc1C(F)(F)F.[HH]. The van der Waals surface area contributed by atoms with Gasteiger partial charge in [-0.1, -0.05) is 0 Å². The molecule has 2 heterocycles. The van der Waals surface area contributed by atoms with Gasteiger partial charge in [0.05, 0.1) is 23.1 Å². The minimum Gasteiger partial charge on any atom is -0.377 e. The fourth-order valence-electron chi connectivity index (χ4n) is 3.63. The number of halogens is 3. The lowest BCUT2D eigenvalue weighted by Gasteiger charge is -2.35. The molecule has 7 nitrogen and oxygen atoms in total. The van der Waals surface area contributed by atoms with Crippen molar-refractivity contribution in [3.05, 3.63) is 29.3 Å². The zero-order chi connectivity index (χ0) is 21.9. The van der Waals surface area contributed by atoms with Crippen molar-refractivity contribution < 1.29 is 32.5 Å². The fraction of sp³-hybridized carbons (Fsp3) is 0.632. The van der Waals surface area contributed by atoms with Crippen molar-refractivity contribution in [1.29, 1.82) is 0 Å². The van der Waals surface area contributed by atoms with Gasteiger partial charge in [-0.2, -0.15) is 13.2 Å². The van der Waals surface area contributed by atoms with E-state index in [4.69, 9.17) is 4.74 Å². The van der Waals surface area contributed by atoms with E-state index >= 15 is 0 Å². The third-order valence-electron chi connectivity index (χ3n) is 5.36. The summed E-state index contributed by atoms with van der Waals surface area (Å²) in [5.74, 6) is -0.858. The first-order chi connectivity index (χ1) is 14.1. The Kier molecular flexibility index (Phi) is 6.93. The number of rotatable bonds is 6. The highest BCUT2D eigenvalue weighted by atomic mass is 32.2. The van der Waals surface area contributed by atoms with E-state index < -0.39 is 33.4 Å². The van der Waals surface area contributed by atoms with Crippen molar-refractivity contribution in [3.63, 3.8) is 0 Å². The maximum absolute atomic E-state index is 13.5. The summed E-state index contributed by atoms with van der Waals surface area (Å²) in [6, 6.07) is 2.94. The number of ether oxygens (including phenoxy) is 1. The molecule has 170 valence electrons. The first kappa shape index (κ1) is 22.8. The van der Waals surface area contributed by atoms with Crippen molar-refractivity contribution in [2.24, 2.45) is 0 Å². The maximum atomic E-state index is 13.5. The minimum atomic E-state index is -4.80. The molecule has 3 rings (SSSR count). The van der Waals surface area contributed by atoms with E-state index in [1.54, 1.807) is 0 Å². The summed E-state index contributed by atoms with van der Waals surface area (Å²) in [5.41, 5.74) is -1.88. The summed E-state index contributed by atoms with van der Waals surface area (Å²) in [7, 11) is -3.89. The van der Waals surface area contributed by atoms with E-state index in [-0.39, 0.29) is 18.8 Å². The average molecular weight is 452 g/mol. The predicted octanol–water partition coefficient (Wildman–Crippen LogP) is 2.65. The van der Waals surface area contributed by atoms with Gasteiger partial charge in [-0.05, 0) is 38.0 Å². The topological polar surface area (TPSA) is 79.0 Å². The van der Waals surface area contributed by atoms with E-state index in [1.165, 1.54) is 17.9 Å². The number of alkyl halides is 3. The second-order valence-corrected chi connectivity index (χ2v) is 9.50. The van der Waals surface area contributed by atoms with Crippen molar-refractivity contribution >= 4 is 21.6 Å². The third-order valence-corrected chi connectivity index (χ3v) is 6.65. The quantitative estimate of drug-likeness (QED) is 0.720. The number of benzene rings is 1. The Bertz CT molecular complexity index is 869. The predicted molar refractivity (Wildman–Crippen MR) is 108 cm³/mol. The standard InChI is InChI=1S/C19H26F3N3O4S.H2/c1-2-30(27,28)23-17-6-5-14(12-16(17)19(20,21)22)18(26)25-9-7-24(8-10-25)13-15-4-3-11-29-15;/h5-6,12,15,23H,2-4,7-11,13H2,1H3;1H. The van der Waals surface area contributed by atoms with Crippen molar-refractivity contribution in [3.8, 4) is 0 Å². The molecule has 1 amide bonds. The molecule has 0 aliphatic carbocycles. The van der Waals surface area contributed by atoms with Gasteiger partial charge in [0.15, 0.2) is 0 Å². The highest BCUT2D eigenvalue weighted by Gasteiger charge is 2.36. The molecule has 30 heavy (non-hydrogen) atoms. The summed E-state index contributed by atoms with van der Waals surface area (Å²) in [4.78, 5) is 16.5. The van der Waals surface area contributed by atoms with Crippen LogP contribution in [0.1, 0.15) is 37.1 Å². The maximum Gasteiger partial charge on any atom is 0.418 e. The molecule has 2 fully saturated rings. The normalized spacial score (nSPS) is 21.1. The van der Waals surface area contributed by atoms with E-state index in [1.807, 2.05) is 4.72 Å². The number of carbonyl (C=O) groups excluding carboxylic acids is 1. The number of hydrogen-bond acceptors (Lipinski definition) is 5. The summed E-state index contributed by atoms with van der Waals surface area (Å²) >= 11 is 0. The monoisotopic (exact) mass is 451 g/mol. The highest BCUT2D eigenvalue weighted by molar-refractivity contribution is 7.92. The van der Waals surface area contributed by atoms with Crippen LogP contribution < -0.4 is 4.72 Å². The fourth-order valence-corrected chi connectivity index (χ4v) is 4.29. The van der Waals surface area contributed by atoms with E-state index in [0.29, 0.717) is 32.2 Å². The minimum absolute atomic E-state index is 0. The Balaban J connectivity index is 0.00000341. The zero-order valence-electron chi connectivity index (χ0n) is 16.7. The van der Waals surface area contributed by atoms with Gasteiger partial charge in [-0.25, -0.2) is 8.42 Å². The second kappa shape index (κ2) is 9.11. The lowest BCUT2D eigenvalue weighted by atomic mass is 10.1. The van der Waals surface area contributed by atoms with Gasteiger partial charge in [-0.3, -0.25) is 14.4 Å². The van der Waals surface area contributed by atoms with Gasteiger partial charge in [0.25, 0.3) is 5.91 Å². The van der Waals surface area contributed by atoms with Gasteiger partial charge >= 0.3 is 6.18 Å². The van der Waals surface area contributed by atoms with E-state index in [2.05, 4.69) is 4.90 Å². The molecule has 1 atom stereocenters. The Morgan fingerprint density at radius 3 is 2.53 bits per heavy atom. The van der Waals surface area contributed by atoms with Gasteiger partial charge in [-0.15, -0.1) is 0 Å². The van der Waals surface area contributed by atoms with Gasteiger partial charge in [0, 0.05) is 46.3 Å². The Hall–Kier alpha value is -1.85. The molecule has 0 aromatic heterocycles. The van der Waals surface area contributed by atoms with E-state index in [9.17, 15) is 26.4 Å². The molecule has 1 aromatic rings. The van der Waals surface area contributed by atoms with Crippen LogP contribution in [-0.2, 0) is 20.9 Å². The Morgan fingerprint density at radius 1 is 1.27 bits per heavy atom. The first-order valence-corrected chi connectivity index (χ1v) is 11.6. The molecular weight excluding hydrogens is 423 g/mol. The molecular formula is C19H28F3N3O4S. The van der Waals surface area contributed by atoms with Gasteiger partial charge in [0.1, 0.15) is 0 Å². The van der Waals surface area contributed by atoms with Crippen LogP contribution >= 0.6 is 0 Å². The molecule has 0 spiro atoms. The summed E-state index contributed by atoms with van der Waals surface area (Å²) in [6.07, 6.45) is -2.52. The van der Waals surface area contributed by atoms with Crippen LogP contribution in [0, 0.1) is 0 Å². The molecule has 1 unspecified atom stereocenters. The largest absolute Gasteiger partial charge is 0.418 e. The Labute approximate surface area is 175 Å². The molecule has 2 aliphatic rings. The number of nitrogens with one attached hydrogen (secondary N) is 1. The van der Waals surface area contributed by atoms with Crippen molar-refractivity contribution in [2.45, 2.75) is 32.0 Å². The number of nitrogens with zero attached hydrogens (tertiary/aromatic N) is 2. The number of amides is 1. The van der Waals surface area contributed by atoms with Crippen molar-refractivity contribution in [2.75, 3.05) is 49.8 Å². The van der Waals surface area contributed by atoms with Crippen LogP contribution in [0.2, 0.25) is 0 Å². The number of anilines is 1. The first-order valence-electron chi connectivity index (χ1n) is 9.94. The van der Waals surface area contributed by atoms with Crippen LogP contribution in [-0.4, -0.2) is 75.3 Å². The summed E-state index contributed by atoms with van der Waals surface area (Å²) in [6.45, 7) is 4.99. The molecule has 0 radical (unpaired) electrons. The molecule has 0 bridgehead atoms. The molecule has 0 saturated carbocycles. The molecule has 11 heteroatoms. The van der Waals surface area contributed by atoms with Gasteiger partial charge < -0.3 is 9.64 Å². The number of piperazine rings is 1. The van der Waals surface area contributed by atoms with Crippen LogP contribution in [0.25, 0.3) is 0 Å². The van der Waals surface area contributed by atoms with Crippen LogP contribution in [0.15, 0.2) is 18.2 Å². The number of hydrogen-bond donors (Lipinski definition) is 1. The van der Waals surface area contributed by atoms with E-state index in [0.717, 1.165) is 32.1 Å². The third kappa shape index (κ3) is 5.64. The number of sulfonamides is 1. The lowest BCUT2D eigenvalue weighted by molar-refractivity contribution is -0.136. The smallest absolute Gasteiger partial charge is 0.377 e. The van der Waals surface area contributed by atoms with Crippen LogP contribution in [0.4, 0.5) is 18.9 Å². The molecule has 1 aromatic carbocycles. The summed E-state index contributed by atoms with van der Waals surface area (Å²) < 4.78 is 71.4. The average Bonchev–Trinajstić information content (AvgIpc) is 3.20. The molecule has 2 saturated heterocycles. The zero-order valence-corrected chi connectivity index (χ0v) is 17.6. The van der Waals surface area contributed by atoms with Gasteiger partial charge in [0.2, 0.25) is 10.0 Å².